The summed E-state index contributed by atoms with van der Waals surface area (Å²) in [4.78, 5) is 0. The van der Waals surface area contributed by atoms with E-state index in [0.29, 0.717) is 0 Å². The Bertz CT molecular complexity index is 572. The molecule has 1 saturated carbocycles. The van der Waals surface area contributed by atoms with Gasteiger partial charge in [0.05, 0.1) is 25.9 Å². The largest absolute Gasteiger partial charge is 0.496 e. The van der Waals surface area contributed by atoms with Crippen LogP contribution in [0.15, 0.2) is 22.8 Å². The third-order valence-corrected chi connectivity index (χ3v) is 3.55. The van der Waals surface area contributed by atoms with Gasteiger partial charge in [-0.2, -0.15) is 0 Å². The lowest BCUT2D eigenvalue weighted by molar-refractivity contribution is 0.397. The predicted octanol–water partition coefficient (Wildman–Crippen LogP) is 2.74. The van der Waals surface area contributed by atoms with E-state index in [1.807, 2.05) is 18.4 Å². The SMILES string of the molecule is COc1cc(OC)c2c(CCNC3CC3)coc2c1. The minimum Gasteiger partial charge on any atom is -0.496 e. The van der Waals surface area contributed by atoms with E-state index in [1.165, 1.54) is 18.4 Å². The normalized spacial score (nSPS) is 14.8. The van der Waals surface area contributed by atoms with Crippen LogP contribution in [0.5, 0.6) is 11.5 Å². The molecule has 0 spiro atoms. The second kappa shape index (κ2) is 5.13. The Hall–Kier alpha value is -1.68. The van der Waals surface area contributed by atoms with Gasteiger partial charge in [0.15, 0.2) is 0 Å². The summed E-state index contributed by atoms with van der Waals surface area (Å²) in [6.45, 7) is 0.981. The van der Waals surface area contributed by atoms with Gasteiger partial charge in [-0.3, -0.25) is 0 Å². The molecule has 1 heterocycles. The molecule has 0 bridgehead atoms. The summed E-state index contributed by atoms with van der Waals surface area (Å²) < 4.78 is 16.3. The number of hydrogen-bond acceptors (Lipinski definition) is 4. The Labute approximate surface area is 112 Å². The summed E-state index contributed by atoms with van der Waals surface area (Å²) in [6, 6.07) is 4.53. The first-order chi connectivity index (χ1) is 9.31. The van der Waals surface area contributed by atoms with Crippen molar-refractivity contribution < 1.29 is 13.9 Å². The highest BCUT2D eigenvalue weighted by atomic mass is 16.5. The van der Waals surface area contributed by atoms with E-state index in [4.69, 9.17) is 13.9 Å². The third kappa shape index (κ3) is 2.54. The number of methoxy groups -OCH3 is 2. The average Bonchev–Trinajstić information content (AvgIpc) is 3.17. The fourth-order valence-electron chi connectivity index (χ4n) is 2.33. The van der Waals surface area contributed by atoms with Gasteiger partial charge < -0.3 is 19.2 Å². The fraction of sp³-hybridized carbons (Fsp3) is 0.467. The molecular weight excluding hydrogens is 242 g/mol. The van der Waals surface area contributed by atoms with Crippen LogP contribution in [0.25, 0.3) is 11.0 Å². The van der Waals surface area contributed by atoms with Crippen LogP contribution in [0.4, 0.5) is 0 Å². The molecule has 4 nitrogen and oxygen atoms in total. The first-order valence-electron chi connectivity index (χ1n) is 6.67. The Morgan fingerprint density at radius 3 is 2.79 bits per heavy atom. The standard InChI is InChI=1S/C15H19NO3/c1-17-12-7-13(18-2)15-10(9-19-14(15)8-12)5-6-16-11-3-4-11/h7-9,11,16H,3-6H2,1-2H3. The number of benzene rings is 1. The quantitative estimate of drug-likeness (QED) is 0.868. The Balaban J connectivity index is 1.86. The van der Waals surface area contributed by atoms with Gasteiger partial charge in [-0.25, -0.2) is 0 Å². The zero-order valence-corrected chi connectivity index (χ0v) is 11.4. The van der Waals surface area contributed by atoms with Gasteiger partial charge in [0.25, 0.3) is 0 Å². The molecule has 102 valence electrons. The van der Waals surface area contributed by atoms with Crippen molar-refractivity contribution in [1.82, 2.24) is 5.32 Å². The number of nitrogens with one attached hydrogen (secondary N) is 1. The molecule has 0 amide bonds. The molecule has 4 heteroatoms. The van der Waals surface area contributed by atoms with Crippen molar-refractivity contribution in [3.05, 3.63) is 24.0 Å². The van der Waals surface area contributed by atoms with Crippen LogP contribution in [-0.4, -0.2) is 26.8 Å². The molecule has 0 unspecified atom stereocenters. The van der Waals surface area contributed by atoms with Crippen molar-refractivity contribution in [2.75, 3.05) is 20.8 Å². The van der Waals surface area contributed by atoms with E-state index in [0.717, 1.165) is 41.5 Å². The van der Waals surface area contributed by atoms with Crippen molar-refractivity contribution >= 4 is 11.0 Å². The lowest BCUT2D eigenvalue weighted by Crippen LogP contribution is -2.19. The van der Waals surface area contributed by atoms with Gasteiger partial charge >= 0.3 is 0 Å². The van der Waals surface area contributed by atoms with Gasteiger partial charge in [0.1, 0.15) is 17.1 Å². The van der Waals surface area contributed by atoms with Crippen molar-refractivity contribution in [2.24, 2.45) is 0 Å². The number of fused-ring (bicyclic) bond motifs is 1. The zero-order chi connectivity index (χ0) is 13.2. The van der Waals surface area contributed by atoms with Crippen molar-refractivity contribution in [1.29, 1.82) is 0 Å². The van der Waals surface area contributed by atoms with Crippen LogP contribution in [0, 0.1) is 0 Å². The van der Waals surface area contributed by atoms with E-state index >= 15 is 0 Å². The monoisotopic (exact) mass is 261 g/mol. The molecule has 1 fully saturated rings. The second-order valence-electron chi connectivity index (χ2n) is 4.94. The minimum atomic E-state index is 0.736. The number of hydrogen-bond donors (Lipinski definition) is 1. The van der Waals surface area contributed by atoms with E-state index in [2.05, 4.69) is 5.32 Å². The average molecular weight is 261 g/mol. The lowest BCUT2D eigenvalue weighted by Gasteiger charge is -2.07. The first-order valence-corrected chi connectivity index (χ1v) is 6.67. The fourth-order valence-corrected chi connectivity index (χ4v) is 2.33. The molecule has 1 N–H and O–H groups in total. The summed E-state index contributed by atoms with van der Waals surface area (Å²) >= 11 is 0. The first kappa shape index (κ1) is 12.4. The van der Waals surface area contributed by atoms with Crippen molar-refractivity contribution in [3.63, 3.8) is 0 Å². The zero-order valence-electron chi connectivity index (χ0n) is 11.4. The van der Waals surface area contributed by atoms with Crippen molar-refractivity contribution in [2.45, 2.75) is 25.3 Å². The molecular formula is C15H19NO3. The molecule has 19 heavy (non-hydrogen) atoms. The van der Waals surface area contributed by atoms with Gasteiger partial charge in [-0.15, -0.1) is 0 Å². The van der Waals surface area contributed by atoms with E-state index < -0.39 is 0 Å². The van der Waals surface area contributed by atoms with Crippen LogP contribution >= 0.6 is 0 Å². The summed E-state index contributed by atoms with van der Waals surface area (Å²) in [5.41, 5.74) is 2.00. The molecule has 1 aromatic carbocycles. The maximum atomic E-state index is 5.62. The van der Waals surface area contributed by atoms with Gasteiger partial charge in [-0.1, -0.05) is 0 Å². The Kier molecular flexibility index (Phi) is 3.34. The van der Waals surface area contributed by atoms with E-state index in [-0.39, 0.29) is 0 Å². The van der Waals surface area contributed by atoms with Crippen LogP contribution in [0.2, 0.25) is 0 Å². The predicted molar refractivity (Wildman–Crippen MR) is 74.0 cm³/mol. The highest BCUT2D eigenvalue weighted by Gasteiger charge is 2.20. The maximum Gasteiger partial charge on any atom is 0.141 e. The summed E-state index contributed by atoms with van der Waals surface area (Å²) in [5, 5.41) is 4.57. The van der Waals surface area contributed by atoms with E-state index in [1.54, 1.807) is 14.2 Å². The third-order valence-electron chi connectivity index (χ3n) is 3.55. The van der Waals surface area contributed by atoms with Crippen molar-refractivity contribution in [3.8, 4) is 11.5 Å². The van der Waals surface area contributed by atoms with Crippen LogP contribution in [-0.2, 0) is 6.42 Å². The van der Waals surface area contributed by atoms with Gasteiger partial charge in [0.2, 0.25) is 0 Å². The minimum absolute atomic E-state index is 0.736. The molecule has 1 aliphatic rings. The number of ether oxygens (including phenoxy) is 2. The Morgan fingerprint density at radius 1 is 1.26 bits per heavy atom. The smallest absolute Gasteiger partial charge is 0.141 e. The molecule has 0 atom stereocenters. The summed E-state index contributed by atoms with van der Waals surface area (Å²) in [6.07, 6.45) is 5.40. The second-order valence-corrected chi connectivity index (χ2v) is 4.94. The van der Waals surface area contributed by atoms with Crippen LogP contribution in [0.1, 0.15) is 18.4 Å². The topological polar surface area (TPSA) is 43.6 Å². The maximum absolute atomic E-state index is 5.62. The molecule has 0 radical (unpaired) electrons. The highest BCUT2D eigenvalue weighted by molar-refractivity contribution is 5.89. The molecule has 2 aromatic rings. The van der Waals surface area contributed by atoms with Gasteiger partial charge in [0, 0.05) is 23.7 Å². The molecule has 0 aliphatic heterocycles. The molecule has 1 aliphatic carbocycles. The summed E-state index contributed by atoms with van der Waals surface area (Å²) in [5.74, 6) is 1.56. The van der Waals surface area contributed by atoms with Crippen LogP contribution < -0.4 is 14.8 Å². The lowest BCUT2D eigenvalue weighted by atomic mass is 10.1. The van der Waals surface area contributed by atoms with E-state index in [9.17, 15) is 0 Å². The molecule has 3 rings (SSSR count). The molecule has 1 aromatic heterocycles. The Morgan fingerprint density at radius 2 is 2.11 bits per heavy atom. The van der Waals surface area contributed by atoms with Gasteiger partial charge in [-0.05, 0) is 25.8 Å². The highest BCUT2D eigenvalue weighted by Crippen LogP contribution is 2.35. The molecule has 0 saturated heterocycles. The summed E-state index contributed by atoms with van der Waals surface area (Å²) in [7, 11) is 3.32. The van der Waals surface area contributed by atoms with Crippen LogP contribution in [0.3, 0.4) is 0 Å². The number of furan rings is 1. The number of rotatable bonds is 6.